The third-order valence-electron chi connectivity index (χ3n) is 2.05. The molecule has 7 heteroatoms. The number of sulfonamides is 1. The van der Waals surface area contributed by atoms with Crippen molar-refractivity contribution in [2.75, 3.05) is 17.1 Å². The van der Waals surface area contributed by atoms with Gasteiger partial charge in [-0.05, 0) is 13.0 Å². The number of rotatable bonds is 4. The third-order valence-corrected chi connectivity index (χ3v) is 3.28. The van der Waals surface area contributed by atoms with Crippen LogP contribution < -0.4 is 10.0 Å². The van der Waals surface area contributed by atoms with Gasteiger partial charge >= 0.3 is 0 Å². The van der Waals surface area contributed by atoms with Gasteiger partial charge in [-0.25, -0.2) is 17.8 Å². The smallest absolute Gasteiger partial charge is 0.233 e. The molecule has 1 rings (SSSR count). The average molecular weight is 247 g/mol. The van der Waals surface area contributed by atoms with E-state index in [1.165, 1.54) is 6.07 Å². The van der Waals surface area contributed by atoms with Crippen molar-refractivity contribution < 1.29 is 12.8 Å². The van der Waals surface area contributed by atoms with Gasteiger partial charge in [0.15, 0.2) is 0 Å². The van der Waals surface area contributed by atoms with E-state index in [4.69, 9.17) is 5.73 Å². The molecule has 0 aromatic carbocycles. The van der Waals surface area contributed by atoms with Crippen molar-refractivity contribution in [2.24, 2.45) is 5.73 Å². The van der Waals surface area contributed by atoms with Crippen molar-refractivity contribution >= 4 is 15.8 Å². The molecule has 2 N–H and O–H groups in total. The Morgan fingerprint density at radius 2 is 2.19 bits per heavy atom. The molecule has 1 aromatic heterocycles. The molecule has 0 saturated carbocycles. The summed E-state index contributed by atoms with van der Waals surface area (Å²) in [5.41, 5.74) is 5.79. The zero-order chi connectivity index (χ0) is 12.3. The van der Waals surface area contributed by atoms with Crippen molar-refractivity contribution in [3.63, 3.8) is 0 Å². The minimum Gasteiger partial charge on any atom is -0.326 e. The van der Waals surface area contributed by atoms with Crippen molar-refractivity contribution in [2.45, 2.75) is 13.5 Å². The second-order valence-electron chi connectivity index (χ2n) is 3.27. The van der Waals surface area contributed by atoms with Gasteiger partial charge in [-0.1, -0.05) is 0 Å². The van der Waals surface area contributed by atoms with E-state index in [2.05, 4.69) is 4.98 Å². The molecule has 90 valence electrons. The Morgan fingerprint density at radius 3 is 2.62 bits per heavy atom. The lowest BCUT2D eigenvalue weighted by atomic mass is 10.2. The molecule has 0 amide bonds. The number of nitrogens with two attached hydrogens (primary N) is 1. The first-order valence-corrected chi connectivity index (χ1v) is 6.57. The fourth-order valence-electron chi connectivity index (χ4n) is 1.39. The van der Waals surface area contributed by atoms with Crippen LogP contribution in [0.15, 0.2) is 12.3 Å². The predicted molar refractivity (Wildman–Crippen MR) is 60.0 cm³/mol. The number of hydrogen-bond acceptors (Lipinski definition) is 4. The molecule has 0 aliphatic rings. The number of halogens is 1. The van der Waals surface area contributed by atoms with E-state index in [-0.39, 0.29) is 18.9 Å². The van der Waals surface area contributed by atoms with Crippen LogP contribution >= 0.6 is 0 Å². The summed E-state index contributed by atoms with van der Waals surface area (Å²) in [6.07, 6.45) is 2.05. The van der Waals surface area contributed by atoms with Crippen LogP contribution in [0.2, 0.25) is 0 Å². The van der Waals surface area contributed by atoms with E-state index in [0.717, 1.165) is 16.8 Å². The number of aromatic nitrogens is 1. The summed E-state index contributed by atoms with van der Waals surface area (Å²) < 4.78 is 36.9. The fourth-order valence-corrected chi connectivity index (χ4v) is 2.34. The third kappa shape index (κ3) is 2.67. The molecule has 0 aliphatic heterocycles. The largest absolute Gasteiger partial charge is 0.326 e. The summed E-state index contributed by atoms with van der Waals surface area (Å²) in [6, 6.07) is 1.19. The van der Waals surface area contributed by atoms with E-state index in [1.54, 1.807) is 6.92 Å². The minimum absolute atomic E-state index is 0.0338. The van der Waals surface area contributed by atoms with Gasteiger partial charge in [0.05, 0.1) is 12.5 Å². The standard InChI is InChI=1S/C9H14FN3O2S/c1-3-13(16(2,14)15)9-7(5-11)4-8(10)6-12-9/h4,6H,3,5,11H2,1-2H3. The molecule has 0 fully saturated rings. The highest BCUT2D eigenvalue weighted by Crippen LogP contribution is 2.20. The van der Waals surface area contributed by atoms with Crippen LogP contribution in [0.5, 0.6) is 0 Å². The van der Waals surface area contributed by atoms with Crippen molar-refractivity contribution in [1.29, 1.82) is 0 Å². The van der Waals surface area contributed by atoms with E-state index in [9.17, 15) is 12.8 Å². The number of pyridine rings is 1. The van der Waals surface area contributed by atoms with Crippen LogP contribution in [0.4, 0.5) is 10.2 Å². The highest BCUT2D eigenvalue weighted by molar-refractivity contribution is 7.92. The lowest BCUT2D eigenvalue weighted by molar-refractivity contribution is 0.595. The van der Waals surface area contributed by atoms with E-state index < -0.39 is 15.8 Å². The van der Waals surface area contributed by atoms with Gasteiger partial charge < -0.3 is 5.73 Å². The van der Waals surface area contributed by atoms with Crippen LogP contribution in [0.25, 0.3) is 0 Å². The SMILES string of the molecule is CCN(c1ncc(F)cc1CN)S(C)(=O)=O. The van der Waals surface area contributed by atoms with Crippen LogP contribution in [-0.4, -0.2) is 26.2 Å². The fraction of sp³-hybridized carbons (Fsp3) is 0.444. The van der Waals surface area contributed by atoms with Gasteiger partial charge in [0, 0.05) is 18.7 Å². The van der Waals surface area contributed by atoms with E-state index in [1.807, 2.05) is 0 Å². The highest BCUT2D eigenvalue weighted by atomic mass is 32.2. The maximum atomic E-state index is 12.9. The first kappa shape index (κ1) is 12.9. The summed E-state index contributed by atoms with van der Waals surface area (Å²) >= 11 is 0. The molecule has 0 unspecified atom stereocenters. The Morgan fingerprint density at radius 1 is 1.56 bits per heavy atom. The van der Waals surface area contributed by atoms with Crippen molar-refractivity contribution in [3.8, 4) is 0 Å². The second kappa shape index (κ2) is 4.75. The van der Waals surface area contributed by atoms with Crippen molar-refractivity contribution in [3.05, 3.63) is 23.6 Å². The molecule has 0 spiro atoms. The Bertz CT molecular complexity index is 476. The van der Waals surface area contributed by atoms with Crippen LogP contribution in [0.3, 0.4) is 0 Å². The van der Waals surface area contributed by atoms with Gasteiger partial charge in [-0.3, -0.25) is 4.31 Å². The molecule has 0 bridgehead atoms. The van der Waals surface area contributed by atoms with E-state index in [0.29, 0.717) is 5.56 Å². The quantitative estimate of drug-likeness (QED) is 0.839. The highest BCUT2D eigenvalue weighted by Gasteiger charge is 2.19. The van der Waals surface area contributed by atoms with Crippen molar-refractivity contribution in [1.82, 2.24) is 4.98 Å². The number of hydrogen-bond donors (Lipinski definition) is 1. The van der Waals surface area contributed by atoms with Gasteiger partial charge in [0.25, 0.3) is 0 Å². The minimum atomic E-state index is -3.42. The topological polar surface area (TPSA) is 76.3 Å². The average Bonchev–Trinajstić information content (AvgIpc) is 2.19. The van der Waals surface area contributed by atoms with Gasteiger partial charge in [0.1, 0.15) is 11.6 Å². The van der Waals surface area contributed by atoms with Crippen LogP contribution in [0, 0.1) is 5.82 Å². The molecular formula is C9H14FN3O2S. The lowest BCUT2D eigenvalue weighted by Crippen LogP contribution is -2.31. The number of anilines is 1. The summed E-state index contributed by atoms with van der Waals surface area (Å²) in [7, 11) is -3.42. The Balaban J connectivity index is 3.31. The van der Waals surface area contributed by atoms with E-state index >= 15 is 0 Å². The molecule has 0 aliphatic carbocycles. The van der Waals surface area contributed by atoms with Gasteiger partial charge in [-0.2, -0.15) is 0 Å². The normalized spacial score (nSPS) is 11.5. The predicted octanol–water partition coefficient (Wildman–Crippen LogP) is 0.465. The molecule has 0 atom stereocenters. The molecule has 0 radical (unpaired) electrons. The second-order valence-corrected chi connectivity index (χ2v) is 5.17. The monoisotopic (exact) mass is 247 g/mol. The Kier molecular flexibility index (Phi) is 3.82. The summed E-state index contributed by atoms with van der Waals surface area (Å²) in [5.74, 6) is -0.345. The maximum Gasteiger partial charge on any atom is 0.233 e. The summed E-state index contributed by atoms with van der Waals surface area (Å²) in [4.78, 5) is 3.78. The summed E-state index contributed by atoms with van der Waals surface area (Å²) in [6.45, 7) is 1.93. The first-order chi connectivity index (χ1) is 7.40. The van der Waals surface area contributed by atoms with Crippen LogP contribution in [0.1, 0.15) is 12.5 Å². The molecule has 1 heterocycles. The zero-order valence-electron chi connectivity index (χ0n) is 9.14. The lowest BCUT2D eigenvalue weighted by Gasteiger charge is -2.21. The van der Waals surface area contributed by atoms with Crippen LogP contribution in [-0.2, 0) is 16.6 Å². The zero-order valence-corrected chi connectivity index (χ0v) is 9.96. The molecular weight excluding hydrogens is 233 g/mol. The molecule has 1 aromatic rings. The molecule has 0 saturated heterocycles. The first-order valence-electron chi connectivity index (χ1n) is 4.72. The summed E-state index contributed by atoms with van der Waals surface area (Å²) in [5, 5.41) is 0. The number of nitrogens with zero attached hydrogens (tertiary/aromatic N) is 2. The Labute approximate surface area is 94.1 Å². The Hall–Kier alpha value is -1.21. The molecule has 5 nitrogen and oxygen atoms in total. The maximum absolute atomic E-state index is 12.9. The molecule has 16 heavy (non-hydrogen) atoms. The van der Waals surface area contributed by atoms with Gasteiger partial charge in [-0.15, -0.1) is 0 Å². The van der Waals surface area contributed by atoms with Gasteiger partial charge in [0.2, 0.25) is 10.0 Å².